The van der Waals surface area contributed by atoms with Crippen LogP contribution in [-0.2, 0) is 17.6 Å². The molecule has 152 valence electrons. The van der Waals surface area contributed by atoms with Crippen molar-refractivity contribution in [1.82, 2.24) is 5.32 Å². The maximum atomic E-state index is 5.86. The smallest absolute Gasteiger partial charge is 0.161 e. The minimum atomic E-state index is -0.112. The summed E-state index contributed by atoms with van der Waals surface area (Å²) in [6.45, 7) is 7.37. The molecule has 28 heavy (non-hydrogen) atoms. The molecule has 0 saturated heterocycles. The van der Waals surface area contributed by atoms with Crippen LogP contribution in [0.3, 0.4) is 0 Å². The molecule has 0 aliphatic heterocycles. The Morgan fingerprint density at radius 3 is 2.43 bits per heavy atom. The molecule has 5 heteroatoms. The predicted molar refractivity (Wildman–Crippen MR) is 119 cm³/mol. The lowest BCUT2D eigenvalue weighted by molar-refractivity contribution is 0.109. The van der Waals surface area contributed by atoms with E-state index >= 15 is 0 Å². The molecule has 1 atom stereocenters. The number of ether oxygens (including phenoxy) is 3. The van der Waals surface area contributed by atoms with E-state index in [1.165, 1.54) is 11.1 Å². The standard InChI is InChI=1S/C23H31NO3S/c1-5-26-22(16-18-9-7-6-8-10-18)23(28)24-14-13-19-11-12-20(27-17(2)3)21(15-19)25-4/h6-12,15,17,22H,5,13-14,16H2,1-4H3,(H,24,28)/t22-/m1/s1. The second-order valence-electron chi connectivity index (χ2n) is 6.83. The fourth-order valence-corrected chi connectivity index (χ4v) is 3.17. The van der Waals surface area contributed by atoms with Crippen molar-refractivity contribution in [2.45, 2.75) is 45.8 Å². The first-order valence-corrected chi connectivity index (χ1v) is 10.2. The van der Waals surface area contributed by atoms with Crippen molar-refractivity contribution >= 4 is 17.2 Å². The molecule has 4 nitrogen and oxygen atoms in total. The summed E-state index contributed by atoms with van der Waals surface area (Å²) >= 11 is 5.59. The van der Waals surface area contributed by atoms with Gasteiger partial charge in [0.2, 0.25) is 0 Å². The number of hydrogen-bond acceptors (Lipinski definition) is 4. The molecule has 0 aromatic heterocycles. The Bertz CT molecular complexity index is 734. The van der Waals surface area contributed by atoms with E-state index in [-0.39, 0.29) is 12.2 Å². The van der Waals surface area contributed by atoms with Gasteiger partial charge in [-0.2, -0.15) is 0 Å². The fourth-order valence-electron chi connectivity index (χ4n) is 2.92. The van der Waals surface area contributed by atoms with Gasteiger partial charge in [-0.15, -0.1) is 0 Å². The summed E-state index contributed by atoms with van der Waals surface area (Å²) < 4.78 is 17.1. The number of benzene rings is 2. The lowest BCUT2D eigenvalue weighted by atomic mass is 10.1. The molecule has 0 aliphatic rings. The summed E-state index contributed by atoms with van der Waals surface area (Å²) in [6.07, 6.45) is 1.61. The Hall–Kier alpha value is -2.11. The molecule has 0 amide bonds. The van der Waals surface area contributed by atoms with Crippen molar-refractivity contribution in [3.05, 3.63) is 59.7 Å². The van der Waals surface area contributed by atoms with Crippen molar-refractivity contribution in [1.29, 1.82) is 0 Å². The topological polar surface area (TPSA) is 39.7 Å². The van der Waals surface area contributed by atoms with Gasteiger partial charge in [-0.05, 0) is 50.5 Å². The maximum absolute atomic E-state index is 5.86. The lowest BCUT2D eigenvalue weighted by Gasteiger charge is -2.20. The van der Waals surface area contributed by atoms with E-state index in [9.17, 15) is 0 Å². The largest absolute Gasteiger partial charge is 0.493 e. The monoisotopic (exact) mass is 401 g/mol. The van der Waals surface area contributed by atoms with Crippen molar-refractivity contribution in [3.63, 3.8) is 0 Å². The van der Waals surface area contributed by atoms with Crippen molar-refractivity contribution in [2.24, 2.45) is 0 Å². The zero-order chi connectivity index (χ0) is 20.4. The van der Waals surface area contributed by atoms with Crippen LogP contribution >= 0.6 is 12.2 Å². The average Bonchev–Trinajstić information content (AvgIpc) is 2.69. The van der Waals surface area contributed by atoms with Crippen LogP contribution in [0.1, 0.15) is 31.9 Å². The molecule has 0 unspecified atom stereocenters. The molecule has 0 heterocycles. The summed E-state index contributed by atoms with van der Waals surface area (Å²) in [5.74, 6) is 1.52. The number of rotatable bonds is 11. The molecule has 0 bridgehead atoms. The zero-order valence-electron chi connectivity index (χ0n) is 17.2. The Labute approximate surface area is 174 Å². The molecular formula is C23H31NO3S. The van der Waals surface area contributed by atoms with E-state index in [4.69, 9.17) is 26.4 Å². The zero-order valence-corrected chi connectivity index (χ0v) is 18.1. The molecule has 2 rings (SSSR count). The molecule has 0 fully saturated rings. The second-order valence-corrected chi connectivity index (χ2v) is 7.27. The van der Waals surface area contributed by atoms with Gasteiger partial charge in [-0.25, -0.2) is 0 Å². The van der Waals surface area contributed by atoms with Crippen LogP contribution in [0.25, 0.3) is 0 Å². The third kappa shape index (κ3) is 7.13. The van der Waals surface area contributed by atoms with Crippen LogP contribution in [-0.4, -0.2) is 37.5 Å². The highest BCUT2D eigenvalue weighted by Gasteiger charge is 2.15. The maximum Gasteiger partial charge on any atom is 0.161 e. The number of methoxy groups -OCH3 is 1. The Morgan fingerprint density at radius 1 is 1.04 bits per heavy atom. The third-order valence-corrected chi connectivity index (χ3v) is 4.64. The normalized spacial score (nSPS) is 11.9. The van der Waals surface area contributed by atoms with Gasteiger partial charge in [-0.1, -0.05) is 48.6 Å². The van der Waals surface area contributed by atoms with Crippen molar-refractivity contribution < 1.29 is 14.2 Å². The van der Waals surface area contributed by atoms with E-state index in [2.05, 4.69) is 23.5 Å². The van der Waals surface area contributed by atoms with Crippen LogP contribution in [0, 0.1) is 0 Å². The van der Waals surface area contributed by atoms with E-state index in [0.29, 0.717) is 6.61 Å². The molecule has 0 spiro atoms. The van der Waals surface area contributed by atoms with Gasteiger partial charge in [-0.3, -0.25) is 0 Å². The molecule has 2 aromatic carbocycles. The second kappa shape index (κ2) is 11.7. The van der Waals surface area contributed by atoms with Crippen LogP contribution < -0.4 is 14.8 Å². The van der Waals surface area contributed by atoms with Gasteiger partial charge in [0.05, 0.1) is 13.2 Å². The van der Waals surface area contributed by atoms with E-state index in [1.54, 1.807) is 7.11 Å². The molecule has 2 aromatic rings. The van der Waals surface area contributed by atoms with Crippen molar-refractivity contribution in [2.75, 3.05) is 20.3 Å². The molecule has 0 saturated carbocycles. The minimum Gasteiger partial charge on any atom is -0.493 e. The van der Waals surface area contributed by atoms with Gasteiger partial charge in [0, 0.05) is 19.6 Å². The Morgan fingerprint density at radius 2 is 1.79 bits per heavy atom. The van der Waals surface area contributed by atoms with E-state index < -0.39 is 0 Å². The van der Waals surface area contributed by atoms with Gasteiger partial charge in [0.15, 0.2) is 11.5 Å². The lowest BCUT2D eigenvalue weighted by Crippen LogP contribution is -2.37. The summed E-state index contributed by atoms with van der Waals surface area (Å²) in [5, 5.41) is 3.35. The van der Waals surface area contributed by atoms with Crippen molar-refractivity contribution in [3.8, 4) is 11.5 Å². The highest BCUT2D eigenvalue weighted by molar-refractivity contribution is 7.80. The summed E-state index contributed by atoms with van der Waals surface area (Å²) in [6, 6.07) is 16.3. The summed E-state index contributed by atoms with van der Waals surface area (Å²) in [7, 11) is 1.66. The van der Waals surface area contributed by atoms with Gasteiger partial charge < -0.3 is 19.5 Å². The third-order valence-electron chi connectivity index (χ3n) is 4.23. The van der Waals surface area contributed by atoms with Gasteiger partial charge in [0.25, 0.3) is 0 Å². The first kappa shape index (κ1) is 22.2. The highest BCUT2D eigenvalue weighted by atomic mass is 32.1. The minimum absolute atomic E-state index is 0.110. The molecule has 1 N–H and O–H groups in total. The number of thiocarbonyl (C=S) groups is 1. The molecule has 0 aliphatic carbocycles. The summed E-state index contributed by atoms with van der Waals surface area (Å²) in [5.41, 5.74) is 2.38. The van der Waals surface area contributed by atoms with Crippen LogP contribution in [0.5, 0.6) is 11.5 Å². The Balaban J connectivity index is 1.90. The number of nitrogens with one attached hydrogen (secondary N) is 1. The first-order chi connectivity index (χ1) is 13.5. The number of hydrogen-bond donors (Lipinski definition) is 1. The molecular weight excluding hydrogens is 370 g/mol. The highest BCUT2D eigenvalue weighted by Crippen LogP contribution is 2.29. The average molecular weight is 402 g/mol. The first-order valence-electron chi connectivity index (χ1n) is 9.80. The van der Waals surface area contributed by atoms with Gasteiger partial charge >= 0.3 is 0 Å². The molecule has 0 radical (unpaired) electrons. The van der Waals surface area contributed by atoms with Crippen LogP contribution in [0.15, 0.2) is 48.5 Å². The SMILES string of the molecule is CCO[C@H](Cc1ccccc1)C(=S)NCCc1ccc(OC(C)C)c(OC)c1. The Kier molecular flexibility index (Phi) is 9.24. The van der Waals surface area contributed by atoms with Crippen LogP contribution in [0.2, 0.25) is 0 Å². The predicted octanol–water partition coefficient (Wildman–Crippen LogP) is 4.59. The fraction of sp³-hybridized carbons (Fsp3) is 0.435. The summed E-state index contributed by atoms with van der Waals surface area (Å²) in [4.78, 5) is 0.748. The van der Waals surface area contributed by atoms with E-state index in [1.807, 2.05) is 51.1 Å². The van der Waals surface area contributed by atoms with Crippen LogP contribution in [0.4, 0.5) is 0 Å². The van der Waals surface area contributed by atoms with E-state index in [0.717, 1.165) is 35.9 Å². The quantitative estimate of drug-likeness (QED) is 0.558. The van der Waals surface area contributed by atoms with Gasteiger partial charge in [0.1, 0.15) is 11.1 Å².